The van der Waals surface area contributed by atoms with Gasteiger partial charge in [-0.2, -0.15) is 0 Å². The molecule has 10 aromatic rings. The second-order valence-corrected chi connectivity index (χ2v) is 14.1. The van der Waals surface area contributed by atoms with Gasteiger partial charge < -0.3 is 4.57 Å². The number of hydrogen-bond acceptors (Lipinski definition) is 4. The van der Waals surface area contributed by atoms with Crippen LogP contribution >= 0.6 is 11.3 Å². The molecule has 3 aromatic heterocycles. The van der Waals surface area contributed by atoms with Crippen molar-refractivity contribution in [3.05, 3.63) is 174 Å². The summed E-state index contributed by atoms with van der Waals surface area (Å²) < 4.78 is 6.84. The lowest BCUT2D eigenvalue weighted by Crippen LogP contribution is -2.20. The zero-order chi connectivity index (χ0) is 33.8. The van der Waals surface area contributed by atoms with Gasteiger partial charge in [0.1, 0.15) is 5.82 Å². The molecule has 0 N–H and O–H groups in total. The summed E-state index contributed by atoms with van der Waals surface area (Å²) >= 11 is 1.76. The molecule has 238 valence electrons. The molecule has 0 amide bonds. The molecule has 0 radical (unpaired) electrons. The van der Waals surface area contributed by atoms with Gasteiger partial charge in [-0.1, -0.05) is 84.9 Å². The van der Waals surface area contributed by atoms with Gasteiger partial charge in [-0.25, -0.2) is 4.98 Å². The number of nitrogens with zero attached hydrogens (tertiary/aromatic N) is 3. The molecule has 0 fully saturated rings. The summed E-state index contributed by atoms with van der Waals surface area (Å²) in [7, 11) is 0. The molecule has 0 unspecified atom stereocenters. The van der Waals surface area contributed by atoms with E-state index in [0.717, 1.165) is 39.3 Å². The van der Waals surface area contributed by atoms with Crippen LogP contribution in [0.1, 0.15) is 31.8 Å². The number of fused-ring (bicyclic) bond motifs is 9. The molecule has 1 aliphatic rings. The lowest BCUT2D eigenvalue weighted by molar-refractivity contribution is 0.0979. The number of carbonyl (C=O) groups excluding carboxylic acids is 2. The first-order valence-corrected chi connectivity index (χ1v) is 17.7. The molecule has 1 aliphatic carbocycles. The fourth-order valence-corrected chi connectivity index (χ4v) is 9.08. The number of benzene rings is 7. The fraction of sp³-hybridized carbons (Fsp3) is 0. The number of imidazole rings is 1. The highest BCUT2D eigenvalue weighted by molar-refractivity contribution is 7.25. The van der Waals surface area contributed by atoms with Gasteiger partial charge in [-0.3, -0.25) is 14.2 Å². The third-order valence-electron chi connectivity index (χ3n) is 10.3. The third-order valence-corrected chi connectivity index (χ3v) is 11.4. The van der Waals surface area contributed by atoms with E-state index in [1.165, 1.54) is 30.9 Å². The fourth-order valence-electron chi connectivity index (χ4n) is 7.94. The van der Waals surface area contributed by atoms with Gasteiger partial charge in [-0.05, 0) is 66.7 Å². The van der Waals surface area contributed by atoms with Gasteiger partial charge in [0, 0.05) is 70.1 Å². The lowest BCUT2D eigenvalue weighted by Gasteiger charge is -2.17. The molecule has 6 heteroatoms. The summed E-state index contributed by atoms with van der Waals surface area (Å²) in [5.41, 5.74) is 8.32. The zero-order valence-corrected chi connectivity index (χ0v) is 27.8. The van der Waals surface area contributed by atoms with Crippen LogP contribution in [0, 0.1) is 0 Å². The number of carbonyl (C=O) groups is 2. The highest BCUT2D eigenvalue weighted by Gasteiger charge is 2.31. The van der Waals surface area contributed by atoms with Crippen LogP contribution in [0.15, 0.2) is 152 Å². The molecular weight excluding hydrogens is 647 g/mol. The quantitative estimate of drug-likeness (QED) is 0.188. The van der Waals surface area contributed by atoms with Gasteiger partial charge in [0.2, 0.25) is 0 Å². The van der Waals surface area contributed by atoms with E-state index in [1.807, 2.05) is 6.07 Å². The molecule has 51 heavy (non-hydrogen) atoms. The molecule has 5 nitrogen and oxygen atoms in total. The summed E-state index contributed by atoms with van der Waals surface area (Å²) in [6.45, 7) is 0. The van der Waals surface area contributed by atoms with E-state index >= 15 is 0 Å². The number of para-hydroxylation sites is 2. The van der Waals surface area contributed by atoms with Crippen molar-refractivity contribution in [3.63, 3.8) is 0 Å². The van der Waals surface area contributed by atoms with E-state index in [4.69, 9.17) is 4.98 Å². The standard InChI is InChI=1S/C45H25N3O2S/c49-43-33-12-1-2-13-34(33)44(50)36-25-40-37(24-35(36)43)46-45(48(40)28-21-22-32-31-11-5-8-16-41(31)51-42(32)23-28)26-17-19-27(20-18-26)47-38-14-6-3-9-29(38)30-10-4-7-15-39(30)47/h1-25H. The van der Waals surface area contributed by atoms with Crippen LogP contribution in [-0.2, 0) is 0 Å². The topological polar surface area (TPSA) is 56.9 Å². The maximum absolute atomic E-state index is 13.8. The summed E-state index contributed by atoms with van der Waals surface area (Å²) in [4.78, 5) is 32.8. The predicted molar refractivity (Wildman–Crippen MR) is 207 cm³/mol. The number of hydrogen-bond donors (Lipinski definition) is 0. The smallest absolute Gasteiger partial charge is 0.194 e. The Morgan fingerprint density at radius 3 is 1.71 bits per heavy atom. The van der Waals surface area contributed by atoms with E-state index in [9.17, 15) is 9.59 Å². The van der Waals surface area contributed by atoms with Crippen molar-refractivity contribution in [1.82, 2.24) is 14.1 Å². The molecule has 0 saturated heterocycles. The minimum Gasteiger partial charge on any atom is -0.309 e. The maximum Gasteiger partial charge on any atom is 0.194 e. The largest absolute Gasteiger partial charge is 0.309 e. The van der Waals surface area contributed by atoms with Crippen LogP contribution in [0.2, 0.25) is 0 Å². The van der Waals surface area contributed by atoms with Crippen molar-refractivity contribution in [2.45, 2.75) is 0 Å². The summed E-state index contributed by atoms with van der Waals surface area (Å²) in [5.74, 6) is 0.436. The van der Waals surface area contributed by atoms with Crippen molar-refractivity contribution in [2.24, 2.45) is 0 Å². The van der Waals surface area contributed by atoms with Crippen molar-refractivity contribution >= 4 is 75.9 Å². The highest BCUT2D eigenvalue weighted by Crippen LogP contribution is 2.39. The second-order valence-electron chi connectivity index (χ2n) is 13.1. The zero-order valence-electron chi connectivity index (χ0n) is 27.0. The third kappa shape index (κ3) is 3.99. The van der Waals surface area contributed by atoms with Crippen LogP contribution in [-0.4, -0.2) is 25.7 Å². The Morgan fingerprint density at radius 2 is 1.00 bits per heavy atom. The average Bonchev–Trinajstić information content (AvgIpc) is 3.85. The molecular formula is C45H25N3O2S. The molecule has 11 rings (SSSR count). The van der Waals surface area contributed by atoms with Crippen molar-refractivity contribution in [1.29, 1.82) is 0 Å². The summed E-state index contributed by atoms with van der Waals surface area (Å²) in [6, 6.07) is 51.2. The summed E-state index contributed by atoms with van der Waals surface area (Å²) in [5, 5.41) is 4.87. The normalized spacial score (nSPS) is 12.8. The molecule has 0 saturated carbocycles. The lowest BCUT2D eigenvalue weighted by atomic mass is 9.84. The number of rotatable bonds is 3. The Balaban J connectivity index is 1.14. The van der Waals surface area contributed by atoms with E-state index in [0.29, 0.717) is 27.8 Å². The van der Waals surface area contributed by atoms with Crippen LogP contribution in [0.5, 0.6) is 0 Å². The first kappa shape index (κ1) is 28.2. The van der Waals surface area contributed by atoms with E-state index in [2.05, 4.69) is 124 Å². The van der Waals surface area contributed by atoms with Crippen molar-refractivity contribution in [2.75, 3.05) is 0 Å². The number of thiophene rings is 1. The molecule has 7 aromatic carbocycles. The molecule has 0 atom stereocenters. The molecule has 0 bridgehead atoms. The van der Waals surface area contributed by atoms with E-state index in [-0.39, 0.29) is 11.6 Å². The summed E-state index contributed by atoms with van der Waals surface area (Å²) in [6.07, 6.45) is 0. The minimum absolute atomic E-state index is 0.146. The molecule has 0 aliphatic heterocycles. The van der Waals surface area contributed by atoms with Gasteiger partial charge >= 0.3 is 0 Å². The number of aromatic nitrogens is 3. The number of ketones is 2. The van der Waals surface area contributed by atoms with Crippen LogP contribution in [0.4, 0.5) is 0 Å². The Kier molecular flexibility index (Phi) is 5.78. The Labute approximate surface area is 295 Å². The Morgan fingerprint density at radius 1 is 0.431 bits per heavy atom. The Bertz CT molecular complexity index is 3070. The second kappa shape index (κ2) is 10.4. The van der Waals surface area contributed by atoms with Gasteiger partial charge in [0.25, 0.3) is 0 Å². The van der Waals surface area contributed by atoms with Crippen molar-refractivity contribution in [3.8, 4) is 22.8 Å². The van der Waals surface area contributed by atoms with Crippen LogP contribution in [0.25, 0.3) is 75.8 Å². The minimum atomic E-state index is -0.152. The first-order chi connectivity index (χ1) is 25.1. The predicted octanol–water partition coefficient (Wildman–Crippen LogP) is 10.9. The molecule has 3 heterocycles. The highest BCUT2D eigenvalue weighted by atomic mass is 32.1. The van der Waals surface area contributed by atoms with Gasteiger partial charge in [-0.15, -0.1) is 11.3 Å². The average molecular weight is 672 g/mol. The van der Waals surface area contributed by atoms with Gasteiger partial charge in [0.05, 0.1) is 22.1 Å². The monoisotopic (exact) mass is 671 g/mol. The Hall–Kier alpha value is -6.63. The van der Waals surface area contributed by atoms with Crippen LogP contribution < -0.4 is 0 Å². The van der Waals surface area contributed by atoms with E-state index < -0.39 is 0 Å². The SMILES string of the molecule is O=C1c2ccccc2C(=O)c2cc3c(cc21)nc(-c1ccc(-n2c4ccccc4c4ccccc42)cc1)n3-c1ccc2c(c1)sc1ccccc12. The molecule has 0 spiro atoms. The van der Waals surface area contributed by atoms with Gasteiger partial charge in [0.15, 0.2) is 11.6 Å². The van der Waals surface area contributed by atoms with Crippen LogP contribution in [0.3, 0.4) is 0 Å². The maximum atomic E-state index is 13.8. The van der Waals surface area contributed by atoms with E-state index in [1.54, 1.807) is 41.7 Å². The van der Waals surface area contributed by atoms with Crippen molar-refractivity contribution < 1.29 is 9.59 Å². The first-order valence-electron chi connectivity index (χ1n) is 16.9.